The fourth-order valence-corrected chi connectivity index (χ4v) is 1.37. The van der Waals surface area contributed by atoms with Crippen molar-refractivity contribution in [3.8, 4) is 0 Å². The molecule has 0 saturated carbocycles. The van der Waals surface area contributed by atoms with Gasteiger partial charge in [-0.05, 0) is 13.0 Å². The number of nitrogens with zero attached hydrogens (tertiary/aromatic N) is 1. The molecule has 0 aliphatic heterocycles. The van der Waals surface area contributed by atoms with Gasteiger partial charge < -0.3 is 10.2 Å². The van der Waals surface area contributed by atoms with Crippen molar-refractivity contribution in [1.82, 2.24) is 4.90 Å². The molecule has 0 bridgehead atoms. The molecule has 0 aromatic carbocycles. The highest BCUT2D eigenvalue weighted by Gasteiger charge is 2.09. The van der Waals surface area contributed by atoms with Crippen molar-refractivity contribution in [2.75, 3.05) is 31.6 Å². The summed E-state index contributed by atoms with van der Waals surface area (Å²) in [5, 5.41) is 18.8. The number of unbranched alkanes of at least 4 members (excludes halogenated alkanes) is 1. The van der Waals surface area contributed by atoms with E-state index in [1.165, 1.54) is 0 Å². The quantitative estimate of drug-likeness (QED) is 0.631. The van der Waals surface area contributed by atoms with E-state index in [4.69, 9.17) is 5.11 Å². The minimum Gasteiger partial charge on any atom is -0.395 e. The van der Waals surface area contributed by atoms with Crippen LogP contribution in [0, 0.1) is 0 Å². The number of aliphatic hydroxyl groups excluding tert-OH is 2. The second-order valence-corrected chi connectivity index (χ2v) is 3.83. The van der Waals surface area contributed by atoms with Gasteiger partial charge in [0.1, 0.15) is 0 Å². The normalized spacial score (nSPS) is 13.6. The molecule has 80 valence electrons. The van der Waals surface area contributed by atoms with Gasteiger partial charge in [0, 0.05) is 18.4 Å². The lowest BCUT2D eigenvalue weighted by molar-refractivity contribution is 0.114. The predicted molar refractivity (Wildman–Crippen MR) is 58.2 cm³/mol. The monoisotopic (exact) mass is 253 g/mol. The lowest BCUT2D eigenvalue weighted by atomic mass is 10.3. The molecule has 0 aromatic heterocycles. The standard InChI is InChI=1S/C9H20BrNO2/c1-2-3-4-11(5-6-12)8-9(13)7-10/h9,12-13H,2-8H2,1H3. The highest BCUT2D eigenvalue weighted by molar-refractivity contribution is 9.09. The number of alkyl halides is 1. The zero-order chi connectivity index (χ0) is 10.1. The Morgan fingerprint density at radius 1 is 1.38 bits per heavy atom. The molecule has 0 heterocycles. The molecule has 1 atom stereocenters. The summed E-state index contributed by atoms with van der Waals surface area (Å²) in [4.78, 5) is 2.09. The van der Waals surface area contributed by atoms with Gasteiger partial charge in [-0.3, -0.25) is 4.90 Å². The number of halogens is 1. The van der Waals surface area contributed by atoms with Crippen molar-refractivity contribution in [3.63, 3.8) is 0 Å². The van der Waals surface area contributed by atoms with Crippen LogP contribution in [-0.2, 0) is 0 Å². The van der Waals surface area contributed by atoms with E-state index >= 15 is 0 Å². The van der Waals surface area contributed by atoms with Crippen LogP contribution in [0.2, 0.25) is 0 Å². The minimum atomic E-state index is -0.330. The summed E-state index contributed by atoms with van der Waals surface area (Å²) < 4.78 is 0. The third-order valence-corrected chi connectivity index (χ3v) is 2.64. The van der Waals surface area contributed by atoms with Crippen LogP contribution < -0.4 is 0 Å². The highest BCUT2D eigenvalue weighted by atomic mass is 79.9. The van der Waals surface area contributed by atoms with Crippen LogP contribution in [0.5, 0.6) is 0 Å². The maximum absolute atomic E-state index is 9.38. The molecule has 0 aliphatic rings. The van der Waals surface area contributed by atoms with Crippen molar-refractivity contribution in [3.05, 3.63) is 0 Å². The molecule has 1 unspecified atom stereocenters. The molecule has 0 radical (unpaired) electrons. The summed E-state index contributed by atoms with van der Waals surface area (Å²) in [5.74, 6) is 0. The first kappa shape index (κ1) is 13.4. The Balaban J connectivity index is 3.65. The first-order valence-electron chi connectivity index (χ1n) is 4.81. The summed E-state index contributed by atoms with van der Waals surface area (Å²) >= 11 is 3.22. The van der Waals surface area contributed by atoms with Crippen molar-refractivity contribution in [1.29, 1.82) is 0 Å². The summed E-state index contributed by atoms with van der Waals surface area (Å²) in [6.45, 7) is 4.56. The first-order chi connectivity index (χ1) is 6.24. The average Bonchev–Trinajstić information content (AvgIpc) is 2.14. The number of aliphatic hydroxyl groups is 2. The smallest absolute Gasteiger partial charge is 0.0763 e. The Bertz CT molecular complexity index is 114. The Kier molecular flexibility index (Phi) is 9.18. The molecule has 0 aliphatic carbocycles. The topological polar surface area (TPSA) is 43.7 Å². The summed E-state index contributed by atoms with van der Waals surface area (Å²) in [5.41, 5.74) is 0. The van der Waals surface area contributed by atoms with Crippen LogP contribution in [0.25, 0.3) is 0 Å². The SMILES string of the molecule is CCCCN(CCO)CC(O)CBr. The van der Waals surface area contributed by atoms with Crippen molar-refractivity contribution in [2.24, 2.45) is 0 Å². The van der Waals surface area contributed by atoms with Crippen molar-refractivity contribution in [2.45, 2.75) is 25.9 Å². The fourth-order valence-electron chi connectivity index (χ4n) is 1.16. The maximum Gasteiger partial charge on any atom is 0.0763 e. The van der Waals surface area contributed by atoms with Gasteiger partial charge in [-0.1, -0.05) is 29.3 Å². The van der Waals surface area contributed by atoms with Gasteiger partial charge in [0.05, 0.1) is 12.7 Å². The van der Waals surface area contributed by atoms with E-state index in [0.717, 1.165) is 19.4 Å². The molecule has 4 heteroatoms. The Morgan fingerprint density at radius 2 is 2.08 bits per heavy atom. The van der Waals surface area contributed by atoms with Gasteiger partial charge in [-0.25, -0.2) is 0 Å². The van der Waals surface area contributed by atoms with Crippen LogP contribution in [0.4, 0.5) is 0 Å². The Labute approximate surface area is 88.9 Å². The maximum atomic E-state index is 9.38. The lowest BCUT2D eigenvalue weighted by Gasteiger charge is -2.23. The largest absolute Gasteiger partial charge is 0.395 e. The van der Waals surface area contributed by atoms with Gasteiger partial charge in [0.2, 0.25) is 0 Å². The van der Waals surface area contributed by atoms with E-state index in [1.807, 2.05) is 0 Å². The van der Waals surface area contributed by atoms with Crippen LogP contribution in [0.3, 0.4) is 0 Å². The summed E-state index contributed by atoms with van der Waals surface area (Å²) in [6.07, 6.45) is 1.94. The number of hydrogen-bond acceptors (Lipinski definition) is 3. The van der Waals surface area contributed by atoms with Gasteiger partial charge in [0.25, 0.3) is 0 Å². The molecular formula is C9H20BrNO2. The lowest BCUT2D eigenvalue weighted by Crippen LogP contribution is -2.36. The third kappa shape index (κ3) is 7.43. The van der Waals surface area contributed by atoms with Crippen LogP contribution in [-0.4, -0.2) is 52.8 Å². The van der Waals surface area contributed by atoms with Crippen LogP contribution >= 0.6 is 15.9 Å². The molecule has 0 amide bonds. The van der Waals surface area contributed by atoms with Gasteiger partial charge in [0.15, 0.2) is 0 Å². The highest BCUT2D eigenvalue weighted by Crippen LogP contribution is 1.99. The van der Waals surface area contributed by atoms with Gasteiger partial charge in [-0.15, -0.1) is 0 Å². The molecular weight excluding hydrogens is 234 g/mol. The van der Waals surface area contributed by atoms with Gasteiger partial charge in [-0.2, -0.15) is 0 Å². The molecule has 0 fully saturated rings. The van der Waals surface area contributed by atoms with Crippen molar-refractivity contribution >= 4 is 15.9 Å². The predicted octanol–water partition coefficient (Wildman–Crippen LogP) is 0.837. The zero-order valence-electron chi connectivity index (χ0n) is 8.25. The van der Waals surface area contributed by atoms with E-state index in [9.17, 15) is 5.11 Å². The Morgan fingerprint density at radius 3 is 2.54 bits per heavy atom. The van der Waals surface area contributed by atoms with E-state index in [0.29, 0.717) is 18.4 Å². The Hall–Kier alpha value is 0.360. The van der Waals surface area contributed by atoms with Gasteiger partial charge >= 0.3 is 0 Å². The third-order valence-electron chi connectivity index (χ3n) is 1.89. The number of hydrogen-bond donors (Lipinski definition) is 2. The van der Waals surface area contributed by atoms with E-state index in [-0.39, 0.29) is 12.7 Å². The molecule has 3 nitrogen and oxygen atoms in total. The molecule has 13 heavy (non-hydrogen) atoms. The zero-order valence-corrected chi connectivity index (χ0v) is 9.83. The van der Waals surface area contributed by atoms with E-state index in [1.54, 1.807) is 0 Å². The second kappa shape index (κ2) is 8.94. The van der Waals surface area contributed by atoms with Crippen LogP contribution in [0.1, 0.15) is 19.8 Å². The molecule has 0 saturated heterocycles. The first-order valence-corrected chi connectivity index (χ1v) is 5.94. The fraction of sp³-hybridized carbons (Fsp3) is 1.00. The molecule has 2 N–H and O–H groups in total. The molecule has 0 spiro atoms. The molecule has 0 aromatic rings. The van der Waals surface area contributed by atoms with E-state index in [2.05, 4.69) is 27.8 Å². The van der Waals surface area contributed by atoms with E-state index < -0.39 is 0 Å². The molecule has 0 rings (SSSR count). The van der Waals surface area contributed by atoms with Crippen molar-refractivity contribution < 1.29 is 10.2 Å². The number of rotatable bonds is 8. The summed E-state index contributed by atoms with van der Waals surface area (Å²) in [7, 11) is 0. The second-order valence-electron chi connectivity index (χ2n) is 3.19. The summed E-state index contributed by atoms with van der Waals surface area (Å²) in [6, 6.07) is 0. The average molecular weight is 254 g/mol. The van der Waals surface area contributed by atoms with Crippen LogP contribution in [0.15, 0.2) is 0 Å². The minimum absolute atomic E-state index is 0.165.